The monoisotopic (exact) mass is 194 g/mol. The van der Waals surface area contributed by atoms with Crippen molar-refractivity contribution in [1.82, 2.24) is 9.88 Å². The van der Waals surface area contributed by atoms with Gasteiger partial charge in [0, 0.05) is 13.1 Å². The van der Waals surface area contributed by atoms with Gasteiger partial charge < -0.3 is 16.0 Å². The molecule has 0 unspecified atom stereocenters. The Kier molecular flexibility index (Phi) is 3.71. The maximum absolute atomic E-state index is 5.67. The van der Waals surface area contributed by atoms with E-state index >= 15 is 0 Å². The summed E-state index contributed by atoms with van der Waals surface area (Å²) in [4.78, 5) is 6.30. The van der Waals surface area contributed by atoms with E-state index < -0.39 is 0 Å². The number of rotatable bonds is 4. The predicted octanol–water partition coefficient (Wildman–Crippen LogP) is 0.946. The summed E-state index contributed by atoms with van der Waals surface area (Å²) >= 11 is 0. The second kappa shape index (κ2) is 4.81. The molecule has 1 heterocycles. The van der Waals surface area contributed by atoms with Crippen molar-refractivity contribution in [1.29, 1.82) is 0 Å². The number of hydrogen-bond donors (Lipinski definition) is 2. The van der Waals surface area contributed by atoms with Crippen LogP contribution < -0.4 is 11.1 Å². The molecule has 0 aliphatic heterocycles. The number of pyridine rings is 1. The summed E-state index contributed by atoms with van der Waals surface area (Å²) in [6.45, 7) is 3.86. The molecule has 1 aromatic rings. The normalized spacial score (nSPS) is 10.6. The average Bonchev–Trinajstić information content (AvgIpc) is 2.10. The number of anilines is 2. The molecular weight excluding hydrogens is 176 g/mol. The molecule has 0 saturated heterocycles. The minimum absolute atomic E-state index is 0.739. The van der Waals surface area contributed by atoms with E-state index in [4.69, 9.17) is 5.73 Å². The van der Waals surface area contributed by atoms with Crippen LogP contribution in [0.4, 0.5) is 11.5 Å². The SMILES string of the molecule is Cc1cc(NCCN(C)C)ncc1N. The van der Waals surface area contributed by atoms with Gasteiger partial charge in [0.1, 0.15) is 5.82 Å². The Labute approximate surface area is 85.1 Å². The molecule has 0 aliphatic carbocycles. The third kappa shape index (κ3) is 3.22. The van der Waals surface area contributed by atoms with E-state index in [-0.39, 0.29) is 0 Å². The summed E-state index contributed by atoms with van der Waals surface area (Å²) in [5.74, 6) is 0.888. The molecule has 14 heavy (non-hydrogen) atoms. The molecule has 0 spiro atoms. The first kappa shape index (κ1) is 10.8. The van der Waals surface area contributed by atoms with Gasteiger partial charge in [0.05, 0.1) is 11.9 Å². The lowest BCUT2D eigenvalue weighted by atomic mass is 10.2. The Morgan fingerprint density at radius 2 is 2.21 bits per heavy atom. The highest BCUT2D eigenvalue weighted by Gasteiger charge is 1.97. The molecule has 3 N–H and O–H groups in total. The van der Waals surface area contributed by atoms with Crippen molar-refractivity contribution in [2.45, 2.75) is 6.92 Å². The van der Waals surface area contributed by atoms with Gasteiger partial charge in [0.15, 0.2) is 0 Å². The predicted molar refractivity (Wildman–Crippen MR) is 60.4 cm³/mol. The number of aryl methyl sites for hydroxylation is 1. The third-order valence-corrected chi connectivity index (χ3v) is 2.02. The van der Waals surface area contributed by atoms with Gasteiger partial charge in [-0.05, 0) is 32.6 Å². The van der Waals surface area contributed by atoms with Crippen LogP contribution in [0.15, 0.2) is 12.3 Å². The van der Waals surface area contributed by atoms with Crippen LogP contribution >= 0.6 is 0 Å². The largest absolute Gasteiger partial charge is 0.397 e. The van der Waals surface area contributed by atoms with Gasteiger partial charge in [-0.2, -0.15) is 0 Å². The van der Waals surface area contributed by atoms with Crippen molar-refractivity contribution in [3.63, 3.8) is 0 Å². The molecule has 78 valence electrons. The van der Waals surface area contributed by atoms with E-state index in [1.165, 1.54) is 0 Å². The fourth-order valence-corrected chi connectivity index (χ4v) is 1.07. The Hall–Kier alpha value is -1.29. The fourth-order valence-electron chi connectivity index (χ4n) is 1.07. The molecule has 0 radical (unpaired) electrons. The summed E-state index contributed by atoms with van der Waals surface area (Å²) in [7, 11) is 4.09. The molecule has 0 amide bonds. The molecule has 0 atom stereocenters. The van der Waals surface area contributed by atoms with Gasteiger partial charge in [-0.1, -0.05) is 0 Å². The van der Waals surface area contributed by atoms with Gasteiger partial charge in [-0.3, -0.25) is 0 Å². The zero-order valence-electron chi connectivity index (χ0n) is 9.04. The quantitative estimate of drug-likeness (QED) is 0.749. The van der Waals surface area contributed by atoms with E-state index in [0.29, 0.717) is 0 Å². The number of likely N-dealkylation sites (N-methyl/N-ethyl adjacent to an activating group) is 1. The molecule has 0 saturated carbocycles. The lowest BCUT2D eigenvalue weighted by Gasteiger charge is -2.11. The van der Waals surface area contributed by atoms with Crippen LogP contribution in [0.2, 0.25) is 0 Å². The number of aromatic nitrogens is 1. The third-order valence-electron chi connectivity index (χ3n) is 2.02. The molecule has 0 fully saturated rings. The van der Waals surface area contributed by atoms with E-state index in [9.17, 15) is 0 Å². The van der Waals surface area contributed by atoms with Crippen LogP contribution in [-0.4, -0.2) is 37.1 Å². The Morgan fingerprint density at radius 3 is 2.79 bits per heavy atom. The molecule has 0 aromatic carbocycles. The minimum atomic E-state index is 0.739. The second-order valence-corrected chi connectivity index (χ2v) is 3.66. The van der Waals surface area contributed by atoms with Crippen LogP contribution in [0.1, 0.15) is 5.56 Å². The summed E-state index contributed by atoms with van der Waals surface area (Å²) in [6, 6.07) is 1.96. The standard InChI is InChI=1S/C10H18N4/c1-8-6-10(13-7-9(8)11)12-4-5-14(2)3/h6-7H,4-5,11H2,1-3H3,(H,12,13). The van der Waals surface area contributed by atoms with Crippen LogP contribution in [0.5, 0.6) is 0 Å². The smallest absolute Gasteiger partial charge is 0.126 e. The van der Waals surface area contributed by atoms with Gasteiger partial charge in [0.25, 0.3) is 0 Å². The lowest BCUT2D eigenvalue weighted by Crippen LogP contribution is -2.21. The summed E-state index contributed by atoms with van der Waals surface area (Å²) in [5, 5.41) is 3.24. The first-order valence-electron chi connectivity index (χ1n) is 4.70. The van der Waals surface area contributed by atoms with Crippen molar-refractivity contribution in [2.24, 2.45) is 0 Å². The number of nitrogens with two attached hydrogens (primary N) is 1. The number of nitrogens with zero attached hydrogens (tertiary/aromatic N) is 2. The fraction of sp³-hybridized carbons (Fsp3) is 0.500. The average molecular weight is 194 g/mol. The number of hydrogen-bond acceptors (Lipinski definition) is 4. The highest BCUT2D eigenvalue weighted by atomic mass is 15.1. The Bertz CT molecular complexity index is 296. The highest BCUT2D eigenvalue weighted by molar-refractivity contribution is 5.50. The van der Waals surface area contributed by atoms with Crippen molar-refractivity contribution in [3.8, 4) is 0 Å². The topological polar surface area (TPSA) is 54.2 Å². The Balaban J connectivity index is 2.47. The molecular formula is C10H18N4. The van der Waals surface area contributed by atoms with Crippen LogP contribution in [-0.2, 0) is 0 Å². The maximum atomic E-state index is 5.67. The zero-order valence-corrected chi connectivity index (χ0v) is 9.04. The molecule has 0 aliphatic rings. The zero-order chi connectivity index (χ0) is 10.6. The molecule has 1 aromatic heterocycles. The summed E-state index contributed by atoms with van der Waals surface area (Å²) in [5.41, 5.74) is 7.47. The lowest BCUT2D eigenvalue weighted by molar-refractivity contribution is 0.425. The van der Waals surface area contributed by atoms with Crippen molar-refractivity contribution >= 4 is 11.5 Å². The van der Waals surface area contributed by atoms with E-state index in [1.807, 2.05) is 27.1 Å². The first-order chi connectivity index (χ1) is 6.59. The Morgan fingerprint density at radius 1 is 1.50 bits per heavy atom. The van der Waals surface area contributed by atoms with Crippen LogP contribution in [0.3, 0.4) is 0 Å². The molecule has 1 rings (SSSR count). The van der Waals surface area contributed by atoms with E-state index in [2.05, 4.69) is 15.2 Å². The molecule has 4 heteroatoms. The molecule has 0 bridgehead atoms. The maximum Gasteiger partial charge on any atom is 0.126 e. The van der Waals surface area contributed by atoms with Gasteiger partial charge in [-0.15, -0.1) is 0 Å². The molecule has 4 nitrogen and oxygen atoms in total. The number of nitrogens with one attached hydrogen (secondary N) is 1. The van der Waals surface area contributed by atoms with E-state index in [1.54, 1.807) is 6.20 Å². The summed E-state index contributed by atoms with van der Waals surface area (Å²) in [6.07, 6.45) is 1.69. The minimum Gasteiger partial charge on any atom is -0.397 e. The number of nitrogen functional groups attached to an aromatic ring is 1. The van der Waals surface area contributed by atoms with Crippen LogP contribution in [0, 0.1) is 6.92 Å². The van der Waals surface area contributed by atoms with Crippen molar-refractivity contribution in [2.75, 3.05) is 38.2 Å². The van der Waals surface area contributed by atoms with Crippen molar-refractivity contribution in [3.05, 3.63) is 17.8 Å². The van der Waals surface area contributed by atoms with Crippen molar-refractivity contribution < 1.29 is 0 Å². The van der Waals surface area contributed by atoms with Gasteiger partial charge in [-0.25, -0.2) is 4.98 Å². The first-order valence-corrected chi connectivity index (χ1v) is 4.70. The van der Waals surface area contributed by atoms with Gasteiger partial charge >= 0.3 is 0 Å². The second-order valence-electron chi connectivity index (χ2n) is 3.66. The van der Waals surface area contributed by atoms with Crippen LogP contribution in [0.25, 0.3) is 0 Å². The summed E-state index contributed by atoms with van der Waals surface area (Å²) < 4.78 is 0. The highest BCUT2D eigenvalue weighted by Crippen LogP contribution is 2.12. The van der Waals surface area contributed by atoms with Gasteiger partial charge in [0.2, 0.25) is 0 Å². The van der Waals surface area contributed by atoms with E-state index in [0.717, 1.165) is 30.2 Å².